The lowest BCUT2D eigenvalue weighted by Crippen LogP contribution is -2.55. The zero-order chi connectivity index (χ0) is 34.3. The molecular weight excluding hydrogens is 600 g/mol. The van der Waals surface area contributed by atoms with Gasteiger partial charge in [-0.05, 0) is 66.4 Å². The molecule has 0 radical (unpaired) electrons. The standard InChI is InChI=1S/C38H42O9/c1-21-18-28-29(37(28,6)7)19-30(45-35(42)26-14-10-8-11-15-26)23(3)33(44-24(4)39)31-32(46-36(43)27-16-12-9-13-17-27)22(2)20-38(31,34(21)41)47-25(5)40/h8-18,22,28-33H,3,19-20H2,1-2,4-7H3/b21-18+/t22-,28-,29-,30+,31+,32-,33?,38+/m0/s1. The van der Waals surface area contributed by atoms with Crippen LogP contribution in [0.15, 0.2) is 84.5 Å². The molecule has 2 fully saturated rings. The average Bonchev–Trinajstić information content (AvgIpc) is 3.41. The van der Waals surface area contributed by atoms with Crippen molar-refractivity contribution in [2.24, 2.45) is 29.1 Å². The second-order valence-electron chi connectivity index (χ2n) is 13.7. The van der Waals surface area contributed by atoms with E-state index < -0.39 is 65.4 Å². The molecule has 3 aliphatic rings. The Bertz CT molecular complexity index is 1610. The van der Waals surface area contributed by atoms with Gasteiger partial charge in [0, 0.05) is 25.8 Å². The first-order valence-electron chi connectivity index (χ1n) is 16.0. The van der Waals surface area contributed by atoms with Gasteiger partial charge in [-0.25, -0.2) is 9.59 Å². The molecule has 0 N–H and O–H groups in total. The van der Waals surface area contributed by atoms with Crippen molar-refractivity contribution >= 4 is 29.7 Å². The lowest BCUT2D eigenvalue weighted by Gasteiger charge is -2.40. The van der Waals surface area contributed by atoms with Crippen LogP contribution in [0, 0.1) is 29.1 Å². The molecule has 2 aromatic rings. The molecule has 0 spiro atoms. The molecule has 248 valence electrons. The van der Waals surface area contributed by atoms with E-state index in [1.165, 1.54) is 13.8 Å². The van der Waals surface area contributed by atoms with E-state index in [4.69, 9.17) is 18.9 Å². The van der Waals surface area contributed by atoms with E-state index in [2.05, 4.69) is 20.4 Å². The summed E-state index contributed by atoms with van der Waals surface area (Å²) in [6, 6.07) is 16.9. The van der Waals surface area contributed by atoms with E-state index in [1.807, 2.05) is 6.08 Å². The molecule has 0 heterocycles. The Morgan fingerprint density at radius 2 is 1.38 bits per heavy atom. The zero-order valence-corrected chi connectivity index (χ0v) is 27.7. The summed E-state index contributed by atoms with van der Waals surface area (Å²) in [5, 5.41) is 0. The Morgan fingerprint density at radius 1 is 0.830 bits per heavy atom. The maximum absolute atomic E-state index is 14.7. The number of Topliss-reactive ketones (excluding diaryl/α,β-unsaturated/α-hetero) is 1. The summed E-state index contributed by atoms with van der Waals surface area (Å²) in [5.74, 6) is -4.93. The number of hydrogen-bond acceptors (Lipinski definition) is 9. The first kappa shape index (κ1) is 33.8. The average molecular weight is 643 g/mol. The molecule has 2 aromatic carbocycles. The minimum absolute atomic E-state index is 0.00893. The van der Waals surface area contributed by atoms with Gasteiger partial charge in [0.15, 0.2) is 5.60 Å². The van der Waals surface area contributed by atoms with E-state index in [1.54, 1.807) is 74.5 Å². The summed E-state index contributed by atoms with van der Waals surface area (Å²) >= 11 is 0. The van der Waals surface area contributed by atoms with Gasteiger partial charge in [-0.1, -0.05) is 69.8 Å². The quantitative estimate of drug-likeness (QED) is 0.210. The highest BCUT2D eigenvalue weighted by Gasteiger charge is 2.66. The third-order valence-electron chi connectivity index (χ3n) is 10.1. The molecule has 0 aromatic heterocycles. The zero-order valence-electron chi connectivity index (χ0n) is 27.7. The predicted octanol–water partition coefficient (Wildman–Crippen LogP) is 6.07. The number of ketones is 1. The number of carbonyl (C=O) groups is 5. The summed E-state index contributed by atoms with van der Waals surface area (Å²) in [5.41, 5.74) is -0.942. The van der Waals surface area contributed by atoms with Crippen LogP contribution in [0.2, 0.25) is 0 Å². The van der Waals surface area contributed by atoms with E-state index in [0.29, 0.717) is 17.6 Å². The maximum Gasteiger partial charge on any atom is 0.338 e. The summed E-state index contributed by atoms with van der Waals surface area (Å²) in [6.07, 6.45) is -1.13. The fraction of sp³-hybridized carbons (Fsp3) is 0.447. The Hall–Kier alpha value is -4.53. The van der Waals surface area contributed by atoms with Crippen LogP contribution in [0.25, 0.3) is 0 Å². The van der Waals surface area contributed by atoms with Gasteiger partial charge < -0.3 is 18.9 Å². The number of hydrogen-bond donors (Lipinski definition) is 0. The number of allylic oxidation sites excluding steroid dienone is 1. The monoisotopic (exact) mass is 642 g/mol. The molecule has 0 aliphatic heterocycles. The van der Waals surface area contributed by atoms with Gasteiger partial charge in [0.05, 0.1) is 17.0 Å². The molecule has 2 saturated carbocycles. The van der Waals surface area contributed by atoms with Crippen LogP contribution in [-0.2, 0) is 33.3 Å². The van der Waals surface area contributed by atoms with Crippen molar-refractivity contribution < 1.29 is 42.9 Å². The summed E-state index contributed by atoms with van der Waals surface area (Å²) in [4.78, 5) is 67.3. The lowest BCUT2D eigenvalue weighted by molar-refractivity contribution is -0.179. The van der Waals surface area contributed by atoms with Gasteiger partial charge >= 0.3 is 23.9 Å². The van der Waals surface area contributed by atoms with Crippen LogP contribution in [-0.4, -0.2) is 53.6 Å². The number of fused-ring (bicyclic) bond motifs is 2. The molecule has 9 nitrogen and oxygen atoms in total. The van der Waals surface area contributed by atoms with E-state index >= 15 is 0 Å². The topological polar surface area (TPSA) is 122 Å². The molecule has 3 aliphatic carbocycles. The normalized spacial score (nSPS) is 32.3. The van der Waals surface area contributed by atoms with Crippen LogP contribution >= 0.6 is 0 Å². The van der Waals surface area contributed by atoms with Crippen molar-refractivity contribution in [3.8, 4) is 0 Å². The van der Waals surface area contributed by atoms with Crippen LogP contribution in [0.3, 0.4) is 0 Å². The second-order valence-corrected chi connectivity index (χ2v) is 13.7. The van der Waals surface area contributed by atoms with Crippen molar-refractivity contribution in [1.29, 1.82) is 0 Å². The minimum Gasteiger partial charge on any atom is -0.458 e. The van der Waals surface area contributed by atoms with Crippen molar-refractivity contribution in [3.63, 3.8) is 0 Å². The molecule has 8 atom stereocenters. The number of carbonyl (C=O) groups excluding carboxylic acids is 5. The first-order valence-corrected chi connectivity index (χ1v) is 16.0. The molecular formula is C38H42O9. The number of ether oxygens (including phenoxy) is 4. The van der Waals surface area contributed by atoms with Crippen molar-refractivity contribution in [2.75, 3.05) is 0 Å². The predicted molar refractivity (Wildman–Crippen MR) is 172 cm³/mol. The van der Waals surface area contributed by atoms with Crippen LogP contribution in [0.1, 0.15) is 75.1 Å². The van der Waals surface area contributed by atoms with Gasteiger partial charge in [-0.2, -0.15) is 0 Å². The SMILES string of the molecule is C=C1C(OC(C)=O)[C@H]2[C@@H](OC(=O)c3ccccc3)[C@@H](C)C[C@]2(OC(C)=O)C(=O)/C(C)=C/[C@H]2[C@H](C[C@H]1OC(=O)c1ccccc1)C2(C)C. The van der Waals surface area contributed by atoms with Crippen LogP contribution < -0.4 is 0 Å². The Kier molecular flexibility index (Phi) is 9.31. The Balaban J connectivity index is 1.68. The third-order valence-corrected chi connectivity index (χ3v) is 10.1. The van der Waals surface area contributed by atoms with E-state index in [9.17, 15) is 24.0 Å². The molecule has 5 rings (SSSR count). The number of benzene rings is 2. The van der Waals surface area contributed by atoms with Crippen LogP contribution in [0.5, 0.6) is 0 Å². The number of esters is 4. The highest BCUT2D eigenvalue weighted by atomic mass is 16.6. The van der Waals surface area contributed by atoms with Crippen molar-refractivity contribution in [1.82, 2.24) is 0 Å². The second kappa shape index (κ2) is 12.9. The Morgan fingerprint density at radius 3 is 1.91 bits per heavy atom. The molecule has 47 heavy (non-hydrogen) atoms. The van der Waals surface area contributed by atoms with Gasteiger partial charge in [-0.3, -0.25) is 14.4 Å². The largest absolute Gasteiger partial charge is 0.458 e. The molecule has 0 amide bonds. The highest BCUT2D eigenvalue weighted by molar-refractivity contribution is 6.03. The third kappa shape index (κ3) is 6.53. The van der Waals surface area contributed by atoms with E-state index in [0.717, 1.165) is 0 Å². The Labute approximate surface area is 275 Å². The molecule has 0 saturated heterocycles. The smallest absolute Gasteiger partial charge is 0.338 e. The van der Waals surface area contributed by atoms with Gasteiger partial charge in [0.25, 0.3) is 0 Å². The number of rotatable bonds is 6. The van der Waals surface area contributed by atoms with Crippen molar-refractivity contribution in [2.45, 2.75) is 78.3 Å². The highest BCUT2D eigenvalue weighted by Crippen LogP contribution is 2.63. The summed E-state index contributed by atoms with van der Waals surface area (Å²) in [7, 11) is 0. The van der Waals surface area contributed by atoms with Crippen LogP contribution in [0.4, 0.5) is 0 Å². The first-order chi connectivity index (χ1) is 22.2. The maximum atomic E-state index is 14.7. The lowest BCUT2D eigenvalue weighted by atomic mass is 9.76. The molecule has 0 bridgehead atoms. The van der Waals surface area contributed by atoms with E-state index in [-0.39, 0.29) is 34.8 Å². The minimum atomic E-state index is -1.89. The van der Waals surface area contributed by atoms with Gasteiger partial charge in [0.2, 0.25) is 5.78 Å². The summed E-state index contributed by atoms with van der Waals surface area (Å²) < 4.78 is 24.3. The molecule has 1 unspecified atom stereocenters. The summed E-state index contributed by atoms with van der Waals surface area (Å²) in [6.45, 7) is 14.4. The molecule has 9 heteroatoms. The fourth-order valence-electron chi connectivity index (χ4n) is 7.64. The van der Waals surface area contributed by atoms with Gasteiger partial charge in [0.1, 0.15) is 18.3 Å². The van der Waals surface area contributed by atoms with Crippen molar-refractivity contribution in [3.05, 3.63) is 95.6 Å². The van der Waals surface area contributed by atoms with Gasteiger partial charge in [-0.15, -0.1) is 0 Å². The fourth-order valence-corrected chi connectivity index (χ4v) is 7.64.